The Morgan fingerprint density at radius 1 is 1.52 bits per heavy atom. The number of piperidine rings is 1. The van der Waals surface area contributed by atoms with Crippen molar-refractivity contribution < 1.29 is 14.3 Å². The van der Waals surface area contributed by atoms with Gasteiger partial charge in [-0.2, -0.15) is 0 Å². The van der Waals surface area contributed by atoms with Crippen LogP contribution in [0.25, 0.3) is 0 Å². The van der Waals surface area contributed by atoms with Gasteiger partial charge in [-0.15, -0.1) is 0 Å². The van der Waals surface area contributed by atoms with Crippen LogP contribution in [0.4, 0.5) is 9.18 Å². The molecule has 128 valence electrons. The fourth-order valence-electron chi connectivity index (χ4n) is 3.06. The van der Waals surface area contributed by atoms with E-state index in [0.717, 1.165) is 12.8 Å². The number of aliphatic hydroxyl groups is 1. The highest BCUT2D eigenvalue weighted by atomic mass is 35.5. The highest BCUT2D eigenvalue weighted by Crippen LogP contribution is 2.36. The third-order valence-corrected chi connectivity index (χ3v) is 5.12. The lowest BCUT2D eigenvalue weighted by Crippen LogP contribution is -2.52. The van der Waals surface area contributed by atoms with E-state index >= 15 is 0 Å². The van der Waals surface area contributed by atoms with Crippen LogP contribution in [0.2, 0.25) is 5.02 Å². The number of hydrogen-bond acceptors (Lipinski definition) is 2. The van der Waals surface area contributed by atoms with Gasteiger partial charge in [-0.05, 0) is 30.9 Å². The summed E-state index contributed by atoms with van der Waals surface area (Å²) >= 11 is 5.72. The monoisotopic (exact) mass is 342 g/mol. The molecule has 0 spiro atoms. The summed E-state index contributed by atoms with van der Waals surface area (Å²) in [6.07, 6.45) is 1.78. The van der Waals surface area contributed by atoms with Crippen molar-refractivity contribution in [2.45, 2.75) is 33.2 Å². The van der Waals surface area contributed by atoms with Crippen molar-refractivity contribution in [2.24, 2.45) is 11.3 Å². The van der Waals surface area contributed by atoms with Crippen molar-refractivity contribution in [2.75, 3.05) is 19.7 Å². The van der Waals surface area contributed by atoms with Crippen LogP contribution in [-0.4, -0.2) is 35.7 Å². The number of amides is 2. The molecule has 0 radical (unpaired) electrons. The van der Waals surface area contributed by atoms with Gasteiger partial charge >= 0.3 is 6.03 Å². The van der Waals surface area contributed by atoms with Crippen molar-refractivity contribution in [1.82, 2.24) is 10.2 Å². The molecule has 2 rings (SSSR count). The third kappa shape index (κ3) is 4.15. The number of halogens is 2. The quantitative estimate of drug-likeness (QED) is 0.881. The molecule has 2 amide bonds. The van der Waals surface area contributed by atoms with Gasteiger partial charge in [-0.1, -0.05) is 31.5 Å². The fourth-order valence-corrected chi connectivity index (χ4v) is 3.22. The van der Waals surface area contributed by atoms with Gasteiger partial charge < -0.3 is 15.3 Å². The Balaban J connectivity index is 1.97. The summed E-state index contributed by atoms with van der Waals surface area (Å²) in [5.41, 5.74) is 0.151. The molecule has 0 aromatic heterocycles. The summed E-state index contributed by atoms with van der Waals surface area (Å²) in [5.74, 6) is -0.139. The number of benzene rings is 1. The van der Waals surface area contributed by atoms with Crippen LogP contribution in [0.3, 0.4) is 0 Å². The first-order valence-electron chi connectivity index (χ1n) is 7.95. The van der Waals surface area contributed by atoms with E-state index in [-0.39, 0.29) is 30.5 Å². The number of aliphatic hydroxyl groups excluding tert-OH is 1. The maximum absolute atomic E-state index is 13.7. The molecule has 1 saturated heterocycles. The predicted molar refractivity (Wildman–Crippen MR) is 88.8 cm³/mol. The fraction of sp³-hybridized carbons (Fsp3) is 0.588. The zero-order chi connectivity index (χ0) is 17.0. The van der Waals surface area contributed by atoms with Gasteiger partial charge in [0.2, 0.25) is 0 Å². The molecule has 1 unspecified atom stereocenters. The molecule has 4 nitrogen and oxygen atoms in total. The summed E-state index contributed by atoms with van der Waals surface area (Å²) in [5, 5.41) is 12.8. The lowest BCUT2D eigenvalue weighted by Gasteiger charge is -2.44. The number of nitrogens with one attached hydrogen (secondary N) is 1. The van der Waals surface area contributed by atoms with Gasteiger partial charge in [0.05, 0.1) is 6.61 Å². The second-order valence-corrected chi connectivity index (χ2v) is 7.03. The number of carbonyl (C=O) groups is 1. The van der Waals surface area contributed by atoms with Crippen molar-refractivity contribution in [3.8, 4) is 0 Å². The van der Waals surface area contributed by atoms with Crippen LogP contribution in [0.1, 0.15) is 32.3 Å². The summed E-state index contributed by atoms with van der Waals surface area (Å²) in [6.45, 7) is 5.51. The Labute approximate surface area is 141 Å². The van der Waals surface area contributed by atoms with E-state index in [1.54, 1.807) is 17.0 Å². The molecule has 23 heavy (non-hydrogen) atoms. The zero-order valence-electron chi connectivity index (χ0n) is 13.6. The lowest BCUT2D eigenvalue weighted by atomic mass is 9.72. The summed E-state index contributed by atoms with van der Waals surface area (Å²) in [6, 6.07) is 4.18. The second-order valence-electron chi connectivity index (χ2n) is 6.59. The van der Waals surface area contributed by atoms with Crippen LogP contribution in [0.15, 0.2) is 18.2 Å². The van der Waals surface area contributed by atoms with Crippen LogP contribution >= 0.6 is 11.6 Å². The number of rotatable bonds is 4. The molecule has 1 aliphatic heterocycles. The molecule has 2 N–H and O–H groups in total. The first kappa shape index (κ1) is 18.0. The Kier molecular flexibility index (Phi) is 5.87. The van der Waals surface area contributed by atoms with E-state index in [0.29, 0.717) is 23.7 Å². The van der Waals surface area contributed by atoms with Gasteiger partial charge in [0.15, 0.2) is 0 Å². The number of nitrogens with zero attached hydrogens (tertiary/aromatic N) is 1. The topological polar surface area (TPSA) is 52.6 Å². The largest absolute Gasteiger partial charge is 0.396 e. The summed E-state index contributed by atoms with van der Waals surface area (Å²) < 4.78 is 13.7. The number of urea groups is 1. The molecule has 1 aliphatic rings. The highest BCUT2D eigenvalue weighted by molar-refractivity contribution is 6.30. The molecule has 1 aromatic carbocycles. The molecular weight excluding hydrogens is 319 g/mol. The molecule has 1 atom stereocenters. The van der Waals surface area contributed by atoms with E-state index in [4.69, 9.17) is 11.6 Å². The van der Waals surface area contributed by atoms with Crippen molar-refractivity contribution in [3.63, 3.8) is 0 Å². The average molecular weight is 343 g/mol. The van der Waals surface area contributed by atoms with Crippen molar-refractivity contribution in [1.29, 1.82) is 0 Å². The average Bonchev–Trinajstić information content (AvgIpc) is 2.53. The third-order valence-electron chi connectivity index (χ3n) is 4.88. The predicted octanol–water partition coefficient (Wildman–Crippen LogP) is 3.42. The van der Waals surface area contributed by atoms with E-state index in [2.05, 4.69) is 19.2 Å². The van der Waals surface area contributed by atoms with Gasteiger partial charge in [-0.25, -0.2) is 9.18 Å². The molecule has 0 saturated carbocycles. The van der Waals surface area contributed by atoms with Gasteiger partial charge in [0, 0.05) is 35.6 Å². The van der Waals surface area contributed by atoms with E-state index in [1.807, 2.05) is 0 Å². The molecule has 6 heteroatoms. The Morgan fingerprint density at radius 3 is 2.87 bits per heavy atom. The van der Waals surface area contributed by atoms with Crippen molar-refractivity contribution >= 4 is 17.6 Å². The zero-order valence-corrected chi connectivity index (χ0v) is 14.4. The smallest absolute Gasteiger partial charge is 0.317 e. The molecule has 0 bridgehead atoms. The summed E-state index contributed by atoms with van der Waals surface area (Å²) in [4.78, 5) is 14.1. The molecule has 1 aromatic rings. The minimum absolute atomic E-state index is 0.0697. The molecule has 1 fully saturated rings. The van der Waals surface area contributed by atoms with E-state index in [1.165, 1.54) is 6.07 Å². The van der Waals surface area contributed by atoms with Crippen LogP contribution in [-0.2, 0) is 6.54 Å². The summed E-state index contributed by atoms with van der Waals surface area (Å²) in [7, 11) is 0. The first-order valence-corrected chi connectivity index (χ1v) is 8.33. The molecular formula is C17H24ClFN2O2. The maximum atomic E-state index is 13.7. The standard InChI is InChI=1S/C17H24ClFN2O2/c1-12(2)17(11-22)6-3-7-21(10-17)16(23)20-9-13-4-5-14(18)8-15(13)19/h4-5,8,12,22H,3,6-7,9-11H2,1-2H3,(H,20,23). The van der Waals surface area contributed by atoms with Crippen LogP contribution < -0.4 is 5.32 Å². The highest BCUT2D eigenvalue weighted by Gasteiger charge is 2.39. The number of carbonyl (C=O) groups excluding carboxylic acids is 1. The minimum Gasteiger partial charge on any atom is -0.396 e. The lowest BCUT2D eigenvalue weighted by molar-refractivity contribution is 0.0108. The SMILES string of the molecule is CC(C)C1(CO)CCCN(C(=O)NCc2ccc(Cl)cc2F)C1. The van der Waals surface area contributed by atoms with Gasteiger partial charge in [0.25, 0.3) is 0 Å². The number of hydrogen-bond donors (Lipinski definition) is 2. The second kappa shape index (κ2) is 7.49. The minimum atomic E-state index is -0.427. The van der Waals surface area contributed by atoms with Crippen LogP contribution in [0, 0.1) is 17.2 Å². The first-order chi connectivity index (χ1) is 10.9. The Morgan fingerprint density at radius 2 is 2.26 bits per heavy atom. The maximum Gasteiger partial charge on any atom is 0.317 e. The van der Waals surface area contributed by atoms with E-state index in [9.17, 15) is 14.3 Å². The van der Waals surface area contributed by atoms with E-state index < -0.39 is 5.82 Å². The molecule has 0 aliphatic carbocycles. The normalized spacial score (nSPS) is 21.6. The van der Waals surface area contributed by atoms with Crippen molar-refractivity contribution in [3.05, 3.63) is 34.6 Å². The number of likely N-dealkylation sites (tertiary alicyclic amines) is 1. The van der Waals surface area contributed by atoms with Gasteiger partial charge in [-0.3, -0.25) is 0 Å². The van der Waals surface area contributed by atoms with Crippen LogP contribution in [0.5, 0.6) is 0 Å². The Hall–Kier alpha value is -1.33. The molecule has 1 heterocycles. The Bertz CT molecular complexity index is 568. The van der Waals surface area contributed by atoms with Gasteiger partial charge in [0.1, 0.15) is 5.82 Å².